The van der Waals surface area contributed by atoms with Crippen LogP contribution >= 0.6 is 0 Å². The molecule has 0 saturated heterocycles. The van der Waals surface area contributed by atoms with Crippen LogP contribution in [0, 0.1) is 0 Å². The van der Waals surface area contributed by atoms with Gasteiger partial charge >= 0.3 is 0 Å². The molecule has 128 valence electrons. The lowest BCUT2D eigenvalue weighted by Gasteiger charge is -2.11. The summed E-state index contributed by atoms with van der Waals surface area (Å²) < 4.78 is 26.9. The number of ether oxygens (including phenoxy) is 1. The van der Waals surface area contributed by atoms with Gasteiger partial charge < -0.3 is 15.0 Å². The van der Waals surface area contributed by atoms with Crippen LogP contribution in [-0.4, -0.2) is 25.8 Å². The molecule has 3 rings (SSSR count). The van der Waals surface area contributed by atoms with Gasteiger partial charge in [0.15, 0.2) is 0 Å². The predicted molar refractivity (Wildman–Crippen MR) is 96.5 cm³/mol. The Morgan fingerprint density at radius 3 is 2.56 bits per heavy atom. The average Bonchev–Trinajstić information content (AvgIpc) is 2.62. The summed E-state index contributed by atoms with van der Waals surface area (Å²) in [5.41, 5.74) is 10.0. The van der Waals surface area contributed by atoms with Gasteiger partial charge in [-0.1, -0.05) is 35.3 Å². The van der Waals surface area contributed by atoms with Crippen molar-refractivity contribution in [3.8, 4) is 28.1 Å². The zero-order chi connectivity index (χ0) is 17.8. The largest absolute Gasteiger partial charge is 0.772 e. The highest BCUT2D eigenvalue weighted by molar-refractivity contribution is 7.78. The molecule has 3 aromatic rings. The summed E-state index contributed by atoms with van der Waals surface area (Å²) in [6, 6.07) is 12.9. The smallest absolute Gasteiger partial charge is 0.221 e. The van der Waals surface area contributed by atoms with Crippen molar-refractivity contribution in [3.05, 3.63) is 60.4 Å². The summed E-state index contributed by atoms with van der Waals surface area (Å²) >= 11 is -2.10. The molecule has 2 heterocycles. The highest BCUT2D eigenvalue weighted by Crippen LogP contribution is 2.34. The van der Waals surface area contributed by atoms with Crippen molar-refractivity contribution >= 4 is 16.9 Å². The van der Waals surface area contributed by atoms with Gasteiger partial charge in [0.2, 0.25) is 5.88 Å². The van der Waals surface area contributed by atoms with Gasteiger partial charge in [-0.2, -0.15) is 0 Å². The standard InChI is InChI=1S/C18H17N3O3S/c1-24-18-15(3-2-8-20-18)16-9-14(10-21-17(16)19)13-6-4-12(5-7-13)11-25(22)23/h2-10H,11H2,1H3,(H2,19,21)(H,22,23)/p-1. The quantitative estimate of drug-likeness (QED) is 0.707. The van der Waals surface area contributed by atoms with Gasteiger partial charge in [-0.25, -0.2) is 9.97 Å². The van der Waals surface area contributed by atoms with E-state index in [-0.39, 0.29) is 5.75 Å². The van der Waals surface area contributed by atoms with Gasteiger partial charge in [-0.15, -0.1) is 0 Å². The molecule has 0 spiro atoms. The summed E-state index contributed by atoms with van der Waals surface area (Å²) in [5, 5.41) is 0. The second-order valence-corrected chi connectivity index (χ2v) is 6.26. The number of hydrogen-bond donors (Lipinski definition) is 1. The second-order valence-electron chi connectivity index (χ2n) is 5.36. The highest BCUT2D eigenvalue weighted by Gasteiger charge is 2.12. The van der Waals surface area contributed by atoms with Crippen molar-refractivity contribution in [1.29, 1.82) is 0 Å². The molecule has 6 nitrogen and oxygen atoms in total. The van der Waals surface area contributed by atoms with Crippen molar-refractivity contribution in [1.82, 2.24) is 9.97 Å². The number of methoxy groups -OCH3 is 1. The first-order valence-corrected chi connectivity index (χ1v) is 8.73. The first-order valence-electron chi connectivity index (χ1n) is 7.48. The fourth-order valence-corrected chi connectivity index (χ4v) is 3.00. The predicted octanol–water partition coefficient (Wildman–Crippen LogP) is 2.78. The number of nitrogens with two attached hydrogens (primary N) is 1. The molecule has 1 unspecified atom stereocenters. The molecule has 0 bridgehead atoms. The zero-order valence-corrected chi connectivity index (χ0v) is 14.3. The number of anilines is 1. The molecular formula is C18H16N3O3S-. The highest BCUT2D eigenvalue weighted by atomic mass is 32.2. The Kier molecular flexibility index (Phi) is 5.06. The summed E-state index contributed by atoms with van der Waals surface area (Å²) in [5.74, 6) is 0.855. The summed E-state index contributed by atoms with van der Waals surface area (Å²) in [7, 11) is 1.55. The van der Waals surface area contributed by atoms with E-state index in [1.165, 1.54) is 0 Å². The zero-order valence-electron chi connectivity index (χ0n) is 13.5. The number of hydrogen-bond acceptors (Lipinski definition) is 6. The van der Waals surface area contributed by atoms with Crippen molar-refractivity contribution in [2.75, 3.05) is 12.8 Å². The maximum absolute atomic E-state index is 10.8. The lowest BCUT2D eigenvalue weighted by molar-refractivity contribution is 0.399. The Morgan fingerprint density at radius 2 is 1.88 bits per heavy atom. The molecule has 25 heavy (non-hydrogen) atoms. The third-order valence-electron chi connectivity index (χ3n) is 3.74. The van der Waals surface area contributed by atoms with E-state index in [2.05, 4.69) is 9.97 Å². The van der Waals surface area contributed by atoms with E-state index in [1.54, 1.807) is 31.6 Å². The van der Waals surface area contributed by atoms with Gasteiger partial charge in [-0.3, -0.25) is 4.21 Å². The first kappa shape index (κ1) is 17.1. The van der Waals surface area contributed by atoms with E-state index in [9.17, 15) is 8.76 Å². The SMILES string of the molecule is COc1ncccc1-c1cc(-c2ccc(CS(=O)[O-])cc2)cnc1N. The van der Waals surface area contributed by atoms with Crippen molar-refractivity contribution in [2.24, 2.45) is 0 Å². The third kappa shape index (κ3) is 3.84. The van der Waals surface area contributed by atoms with E-state index in [0.29, 0.717) is 11.7 Å². The number of nitrogen functional groups attached to an aromatic ring is 1. The monoisotopic (exact) mass is 354 g/mol. The molecule has 2 aromatic heterocycles. The van der Waals surface area contributed by atoms with Crippen LogP contribution in [-0.2, 0) is 16.8 Å². The molecule has 0 aliphatic carbocycles. The van der Waals surface area contributed by atoms with Gasteiger partial charge in [-0.05, 0) is 29.3 Å². The minimum atomic E-state index is -2.10. The molecule has 7 heteroatoms. The molecular weight excluding hydrogens is 338 g/mol. The maximum Gasteiger partial charge on any atom is 0.221 e. The summed E-state index contributed by atoms with van der Waals surface area (Å²) in [6.07, 6.45) is 3.33. The lowest BCUT2D eigenvalue weighted by Crippen LogP contribution is -1.98. The van der Waals surface area contributed by atoms with E-state index < -0.39 is 11.1 Å². The number of rotatable bonds is 5. The molecule has 0 aliphatic rings. The molecule has 1 aromatic carbocycles. The molecule has 0 amide bonds. The van der Waals surface area contributed by atoms with Crippen LogP contribution in [0.3, 0.4) is 0 Å². The minimum absolute atomic E-state index is 0.00159. The maximum atomic E-state index is 10.8. The van der Waals surface area contributed by atoms with Gasteiger partial charge in [0.1, 0.15) is 5.82 Å². The van der Waals surface area contributed by atoms with Crippen molar-refractivity contribution in [2.45, 2.75) is 5.75 Å². The van der Waals surface area contributed by atoms with E-state index in [1.807, 2.05) is 30.3 Å². The Morgan fingerprint density at radius 1 is 1.12 bits per heavy atom. The fourth-order valence-electron chi connectivity index (χ4n) is 2.54. The Hall–Kier alpha value is -2.77. The number of aromatic nitrogens is 2. The fraction of sp³-hybridized carbons (Fsp3) is 0.111. The molecule has 1 atom stereocenters. The minimum Gasteiger partial charge on any atom is -0.772 e. The van der Waals surface area contributed by atoms with Crippen LogP contribution in [0.25, 0.3) is 22.3 Å². The Bertz CT molecular complexity index is 914. The van der Waals surface area contributed by atoms with Crippen LogP contribution in [0.5, 0.6) is 5.88 Å². The normalized spacial score (nSPS) is 11.9. The van der Waals surface area contributed by atoms with Crippen molar-refractivity contribution < 1.29 is 13.5 Å². The van der Waals surface area contributed by atoms with Crippen LogP contribution in [0.15, 0.2) is 54.9 Å². The molecule has 0 radical (unpaired) electrons. The first-order chi connectivity index (χ1) is 12.1. The molecule has 0 saturated carbocycles. The summed E-state index contributed by atoms with van der Waals surface area (Å²) in [4.78, 5) is 8.47. The summed E-state index contributed by atoms with van der Waals surface area (Å²) in [6.45, 7) is 0. The van der Waals surface area contributed by atoms with Gasteiger partial charge in [0, 0.05) is 34.8 Å². The topological polar surface area (TPSA) is 101 Å². The van der Waals surface area contributed by atoms with Gasteiger partial charge in [0.05, 0.1) is 7.11 Å². The van der Waals surface area contributed by atoms with E-state index >= 15 is 0 Å². The average molecular weight is 354 g/mol. The van der Waals surface area contributed by atoms with E-state index in [0.717, 1.165) is 27.8 Å². The Labute approximate surface area is 148 Å². The van der Waals surface area contributed by atoms with E-state index in [4.69, 9.17) is 10.5 Å². The third-order valence-corrected chi connectivity index (χ3v) is 4.31. The molecule has 2 N–H and O–H groups in total. The number of nitrogens with zero attached hydrogens (tertiary/aromatic N) is 2. The van der Waals surface area contributed by atoms with Crippen LogP contribution in [0.4, 0.5) is 5.82 Å². The van der Waals surface area contributed by atoms with Crippen LogP contribution in [0.2, 0.25) is 0 Å². The lowest BCUT2D eigenvalue weighted by atomic mass is 10.0. The second kappa shape index (κ2) is 7.42. The Balaban J connectivity index is 2.01. The van der Waals surface area contributed by atoms with Crippen LogP contribution in [0.1, 0.15) is 5.56 Å². The molecule has 0 fully saturated rings. The van der Waals surface area contributed by atoms with Gasteiger partial charge in [0.25, 0.3) is 0 Å². The number of benzene rings is 1. The van der Waals surface area contributed by atoms with Crippen LogP contribution < -0.4 is 10.5 Å². The molecule has 0 aliphatic heterocycles. The number of pyridine rings is 2. The van der Waals surface area contributed by atoms with Crippen molar-refractivity contribution in [3.63, 3.8) is 0 Å².